The van der Waals surface area contributed by atoms with E-state index in [1.807, 2.05) is 6.92 Å². The van der Waals surface area contributed by atoms with Gasteiger partial charge in [0.25, 0.3) is 5.91 Å². The highest BCUT2D eigenvalue weighted by molar-refractivity contribution is 7.92. The lowest BCUT2D eigenvalue weighted by atomic mass is 10.1. The van der Waals surface area contributed by atoms with Gasteiger partial charge in [-0.2, -0.15) is 0 Å². The van der Waals surface area contributed by atoms with Gasteiger partial charge in [0.2, 0.25) is 10.0 Å². The van der Waals surface area contributed by atoms with E-state index in [2.05, 4.69) is 4.72 Å². The molecule has 0 aromatic heterocycles. The maximum absolute atomic E-state index is 13.5. The predicted octanol–water partition coefficient (Wildman–Crippen LogP) is 1.01. The summed E-state index contributed by atoms with van der Waals surface area (Å²) in [4.78, 5) is 14.3. The van der Waals surface area contributed by atoms with E-state index < -0.39 is 21.7 Å². The van der Waals surface area contributed by atoms with E-state index in [0.29, 0.717) is 13.1 Å². The van der Waals surface area contributed by atoms with Crippen molar-refractivity contribution in [3.8, 4) is 0 Å². The third-order valence-electron chi connectivity index (χ3n) is 3.76. The van der Waals surface area contributed by atoms with Crippen LogP contribution in [-0.2, 0) is 10.0 Å². The minimum Gasteiger partial charge on any atom is -0.336 e. The molecule has 2 atom stereocenters. The van der Waals surface area contributed by atoms with E-state index in [1.165, 1.54) is 6.07 Å². The largest absolute Gasteiger partial charge is 0.336 e. The molecule has 2 rings (SSSR count). The second kappa shape index (κ2) is 6.21. The molecular weight excluding hydrogens is 309 g/mol. The number of halogens is 1. The molecule has 1 aliphatic heterocycles. The highest BCUT2D eigenvalue weighted by Crippen LogP contribution is 2.27. The minimum atomic E-state index is -3.56. The zero-order valence-electron chi connectivity index (χ0n) is 12.5. The van der Waals surface area contributed by atoms with Crippen molar-refractivity contribution in [1.29, 1.82) is 0 Å². The van der Waals surface area contributed by atoms with Crippen molar-refractivity contribution in [3.63, 3.8) is 0 Å². The summed E-state index contributed by atoms with van der Waals surface area (Å²) in [7, 11) is -3.56. The molecule has 22 heavy (non-hydrogen) atoms. The van der Waals surface area contributed by atoms with Crippen LogP contribution in [0.15, 0.2) is 18.2 Å². The second-order valence-corrected chi connectivity index (χ2v) is 7.46. The van der Waals surface area contributed by atoms with Gasteiger partial charge in [0, 0.05) is 12.6 Å². The van der Waals surface area contributed by atoms with E-state index >= 15 is 0 Å². The first-order chi connectivity index (χ1) is 10.2. The van der Waals surface area contributed by atoms with Gasteiger partial charge in [0.15, 0.2) is 0 Å². The van der Waals surface area contributed by atoms with Gasteiger partial charge in [-0.15, -0.1) is 0 Å². The molecule has 0 radical (unpaired) electrons. The molecule has 0 bridgehead atoms. The van der Waals surface area contributed by atoms with Crippen LogP contribution in [-0.4, -0.2) is 44.6 Å². The SMILES string of the molecule is CC1CC(CN)CN1C(=O)c1cc(F)ccc1NS(C)(=O)=O. The number of hydrogen-bond acceptors (Lipinski definition) is 4. The Hall–Kier alpha value is -1.67. The van der Waals surface area contributed by atoms with Crippen molar-refractivity contribution in [2.24, 2.45) is 11.7 Å². The van der Waals surface area contributed by atoms with Crippen molar-refractivity contribution >= 4 is 21.6 Å². The van der Waals surface area contributed by atoms with Crippen LogP contribution >= 0.6 is 0 Å². The van der Waals surface area contributed by atoms with Crippen LogP contribution in [0.25, 0.3) is 0 Å². The van der Waals surface area contributed by atoms with Crippen LogP contribution in [0, 0.1) is 11.7 Å². The summed E-state index contributed by atoms with van der Waals surface area (Å²) >= 11 is 0. The van der Waals surface area contributed by atoms with Crippen LogP contribution in [0.5, 0.6) is 0 Å². The third kappa shape index (κ3) is 3.75. The summed E-state index contributed by atoms with van der Waals surface area (Å²) in [6.45, 7) is 2.87. The number of hydrogen-bond donors (Lipinski definition) is 2. The fourth-order valence-corrected chi connectivity index (χ4v) is 3.31. The maximum Gasteiger partial charge on any atom is 0.256 e. The maximum atomic E-state index is 13.5. The average Bonchev–Trinajstić information content (AvgIpc) is 2.80. The van der Waals surface area contributed by atoms with Gasteiger partial charge in [-0.3, -0.25) is 9.52 Å². The van der Waals surface area contributed by atoms with Gasteiger partial charge >= 0.3 is 0 Å². The molecule has 1 heterocycles. The predicted molar refractivity (Wildman–Crippen MR) is 82.5 cm³/mol. The molecule has 0 aliphatic carbocycles. The smallest absolute Gasteiger partial charge is 0.256 e. The fourth-order valence-electron chi connectivity index (χ4n) is 2.73. The van der Waals surface area contributed by atoms with E-state index in [9.17, 15) is 17.6 Å². The van der Waals surface area contributed by atoms with Gasteiger partial charge in [-0.05, 0) is 44.0 Å². The Bertz CT molecular complexity index is 678. The van der Waals surface area contributed by atoms with Crippen LogP contribution in [0.4, 0.5) is 10.1 Å². The summed E-state index contributed by atoms with van der Waals surface area (Å²) in [6.07, 6.45) is 1.76. The Morgan fingerprint density at radius 2 is 2.18 bits per heavy atom. The van der Waals surface area contributed by atoms with Crippen molar-refractivity contribution in [2.75, 3.05) is 24.1 Å². The molecule has 1 aliphatic rings. The van der Waals surface area contributed by atoms with Crippen LogP contribution in [0.2, 0.25) is 0 Å². The number of rotatable bonds is 4. The van der Waals surface area contributed by atoms with E-state index in [-0.39, 0.29) is 23.2 Å². The summed E-state index contributed by atoms with van der Waals surface area (Å²) in [5.74, 6) is -0.780. The molecule has 1 fully saturated rings. The van der Waals surface area contributed by atoms with Gasteiger partial charge in [-0.1, -0.05) is 0 Å². The number of nitrogens with two attached hydrogens (primary N) is 1. The molecule has 0 saturated carbocycles. The molecule has 0 spiro atoms. The Balaban J connectivity index is 2.34. The quantitative estimate of drug-likeness (QED) is 0.862. The van der Waals surface area contributed by atoms with Crippen LogP contribution in [0.3, 0.4) is 0 Å². The highest BCUT2D eigenvalue weighted by atomic mass is 32.2. The number of amides is 1. The van der Waals surface area contributed by atoms with Crippen molar-refractivity contribution in [1.82, 2.24) is 4.90 Å². The standard InChI is InChI=1S/C14H20FN3O3S/c1-9-5-10(7-16)8-18(9)14(19)12-6-11(15)3-4-13(12)17-22(2,20)21/h3-4,6,9-10,17H,5,7-8,16H2,1-2H3. The average molecular weight is 329 g/mol. The van der Waals surface area contributed by atoms with Crippen molar-refractivity contribution in [2.45, 2.75) is 19.4 Å². The molecule has 2 unspecified atom stereocenters. The number of nitrogens with one attached hydrogen (secondary N) is 1. The highest BCUT2D eigenvalue weighted by Gasteiger charge is 2.33. The van der Waals surface area contributed by atoms with E-state index in [4.69, 9.17) is 5.73 Å². The Kier molecular flexibility index (Phi) is 4.72. The first-order valence-electron chi connectivity index (χ1n) is 6.99. The number of nitrogens with zero attached hydrogens (tertiary/aromatic N) is 1. The topological polar surface area (TPSA) is 92.5 Å². The Morgan fingerprint density at radius 1 is 1.50 bits per heavy atom. The molecule has 1 saturated heterocycles. The molecular formula is C14H20FN3O3S. The minimum absolute atomic E-state index is 0.00921. The zero-order valence-corrected chi connectivity index (χ0v) is 13.4. The molecule has 1 aromatic carbocycles. The molecule has 1 amide bonds. The molecule has 3 N–H and O–H groups in total. The fraction of sp³-hybridized carbons (Fsp3) is 0.500. The number of anilines is 1. The number of carbonyl (C=O) groups excluding carboxylic acids is 1. The summed E-state index contributed by atoms with van der Waals surface area (Å²) < 4.78 is 38.6. The summed E-state index contributed by atoms with van der Waals surface area (Å²) in [5, 5.41) is 0. The lowest BCUT2D eigenvalue weighted by Crippen LogP contribution is -2.35. The van der Waals surface area contributed by atoms with Gasteiger partial charge in [0.05, 0.1) is 17.5 Å². The monoisotopic (exact) mass is 329 g/mol. The lowest BCUT2D eigenvalue weighted by Gasteiger charge is -2.23. The van der Waals surface area contributed by atoms with Crippen LogP contribution in [0.1, 0.15) is 23.7 Å². The number of benzene rings is 1. The number of likely N-dealkylation sites (tertiary alicyclic amines) is 1. The molecule has 1 aromatic rings. The lowest BCUT2D eigenvalue weighted by molar-refractivity contribution is 0.0744. The Labute approximate surface area is 129 Å². The van der Waals surface area contributed by atoms with E-state index in [0.717, 1.165) is 24.8 Å². The van der Waals surface area contributed by atoms with Gasteiger partial charge < -0.3 is 10.6 Å². The normalized spacial score (nSPS) is 21.9. The Morgan fingerprint density at radius 3 is 2.73 bits per heavy atom. The molecule has 6 nitrogen and oxygen atoms in total. The van der Waals surface area contributed by atoms with E-state index in [1.54, 1.807) is 4.90 Å². The van der Waals surface area contributed by atoms with Crippen molar-refractivity contribution in [3.05, 3.63) is 29.6 Å². The second-order valence-electron chi connectivity index (χ2n) is 5.71. The van der Waals surface area contributed by atoms with Crippen molar-refractivity contribution < 1.29 is 17.6 Å². The zero-order chi connectivity index (χ0) is 16.5. The molecule has 8 heteroatoms. The first kappa shape index (κ1) is 16.7. The van der Waals surface area contributed by atoms with Gasteiger partial charge in [0.1, 0.15) is 5.82 Å². The first-order valence-corrected chi connectivity index (χ1v) is 8.88. The number of sulfonamides is 1. The summed E-state index contributed by atoms with van der Waals surface area (Å²) in [6, 6.07) is 3.40. The van der Waals surface area contributed by atoms with Crippen LogP contribution < -0.4 is 10.5 Å². The van der Waals surface area contributed by atoms with Gasteiger partial charge in [-0.25, -0.2) is 12.8 Å². The summed E-state index contributed by atoms with van der Waals surface area (Å²) in [5.41, 5.74) is 5.73. The molecule has 122 valence electrons. The number of carbonyl (C=O) groups is 1. The third-order valence-corrected chi connectivity index (χ3v) is 4.35.